The molecule has 2 aromatic carbocycles. The highest BCUT2D eigenvalue weighted by atomic mass is 16.7. The van der Waals surface area contributed by atoms with Crippen LogP contribution in [0.15, 0.2) is 48.6 Å². The Morgan fingerprint density at radius 2 is 1.93 bits per heavy atom. The molecule has 0 bridgehead atoms. The number of benzene rings is 2. The number of hydrogen-bond donors (Lipinski definition) is 1. The monoisotopic (exact) mass is 622 g/mol. The molecule has 2 aromatic rings. The molecular formula is C36H52N3O6+. The maximum absolute atomic E-state index is 14.3. The third-order valence-electron chi connectivity index (χ3n) is 8.75. The fourth-order valence-corrected chi connectivity index (χ4v) is 6.85. The number of anilines is 1. The molecule has 2 aliphatic heterocycles. The normalized spacial score (nSPS) is 20.1. The zero-order chi connectivity index (χ0) is 32.9. The number of aliphatic carboxylic acids is 1. The number of nitrogens with zero attached hydrogens (tertiary/aromatic N) is 3. The number of rotatable bonds is 14. The summed E-state index contributed by atoms with van der Waals surface area (Å²) in [5.41, 5.74) is 2.60. The minimum Gasteiger partial charge on any atom is -0.493 e. The van der Waals surface area contributed by atoms with Gasteiger partial charge >= 0.3 is 5.97 Å². The Morgan fingerprint density at radius 1 is 1.18 bits per heavy atom. The molecular weight excluding hydrogens is 570 g/mol. The number of amides is 1. The first kappa shape index (κ1) is 34.3. The smallest absolute Gasteiger partial charge is 0.308 e. The van der Waals surface area contributed by atoms with E-state index < -0.39 is 11.9 Å². The summed E-state index contributed by atoms with van der Waals surface area (Å²) in [6.45, 7) is 10.4. The number of carboxylic acids is 1. The van der Waals surface area contributed by atoms with Crippen molar-refractivity contribution in [2.24, 2.45) is 11.3 Å². The number of allylic oxidation sites excluding steroid dienone is 2. The van der Waals surface area contributed by atoms with Crippen molar-refractivity contribution in [1.29, 1.82) is 0 Å². The number of likely N-dealkylation sites (tertiary alicyclic amines) is 1. The van der Waals surface area contributed by atoms with E-state index in [1.165, 1.54) is 5.56 Å². The minimum atomic E-state index is -0.872. The Balaban J connectivity index is 1.71. The molecule has 246 valence electrons. The lowest BCUT2D eigenvalue weighted by atomic mass is 9.77. The lowest BCUT2D eigenvalue weighted by Crippen LogP contribution is -2.45. The summed E-state index contributed by atoms with van der Waals surface area (Å²) >= 11 is 0. The SMILES string of the molecule is CC=CC(C)(C)C[C@H]1[C@H](C(=O)O)[C@@H](c2cc(OC)c3c(c2)OCO3)CN1CC(=O)N(CCCC)c1cccc(C[N+](C)(C)C)c1. The van der Waals surface area contributed by atoms with E-state index in [1.54, 1.807) is 7.11 Å². The first-order chi connectivity index (χ1) is 21.3. The molecule has 0 spiro atoms. The fraction of sp³-hybridized carbons (Fsp3) is 0.556. The molecule has 2 aliphatic rings. The molecule has 9 heteroatoms. The van der Waals surface area contributed by atoms with Crippen molar-refractivity contribution >= 4 is 17.6 Å². The van der Waals surface area contributed by atoms with Gasteiger partial charge < -0.3 is 28.7 Å². The van der Waals surface area contributed by atoms with E-state index in [0.29, 0.717) is 36.8 Å². The van der Waals surface area contributed by atoms with Crippen LogP contribution in [0.1, 0.15) is 64.0 Å². The molecule has 45 heavy (non-hydrogen) atoms. The van der Waals surface area contributed by atoms with Gasteiger partial charge in [-0.2, -0.15) is 0 Å². The summed E-state index contributed by atoms with van der Waals surface area (Å²) < 4.78 is 17.7. The van der Waals surface area contributed by atoms with Crippen molar-refractivity contribution in [2.45, 2.75) is 65.5 Å². The quantitative estimate of drug-likeness (QED) is 0.207. The number of hydrogen-bond acceptors (Lipinski definition) is 6. The molecule has 0 saturated carbocycles. The van der Waals surface area contributed by atoms with E-state index in [4.69, 9.17) is 14.2 Å². The third kappa shape index (κ3) is 8.38. The fourth-order valence-electron chi connectivity index (χ4n) is 6.85. The van der Waals surface area contributed by atoms with E-state index in [1.807, 2.05) is 42.2 Å². The molecule has 4 rings (SSSR count). The number of carbonyl (C=O) groups excluding carboxylic acids is 1. The molecule has 1 saturated heterocycles. The molecule has 1 fully saturated rings. The average molecular weight is 623 g/mol. The lowest BCUT2D eigenvalue weighted by Gasteiger charge is -2.34. The molecule has 9 nitrogen and oxygen atoms in total. The van der Waals surface area contributed by atoms with Crippen LogP contribution in [-0.4, -0.2) is 87.1 Å². The van der Waals surface area contributed by atoms with Crippen LogP contribution in [0.3, 0.4) is 0 Å². The van der Waals surface area contributed by atoms with Crippen LogP contribution in [0, 0.1) is 11.3 Å². The average Bonchev–Trinajstić information content (AvgIpc) is 3.56. The van der Waals surface area contributed by atoms with Gasteiger partial charge in [-0.1, -0.05) is 51.5 Å². The topological polar surface area (TPSA) is 88.5 Å². The molecule has 0 unspecified atom stereocenters. The van der Waals surface area contributed by atoms with Gasteiger partial charge in [-0.15, -0.1) is 0 Å². The summed E-state index contributed by atoms with van der Waals surface area (Å²) in [7, 11) is 8.03. The number of quaternary nitrogens is 1. The maximum Gasteiger partial charge on any atom is 0.308 e. The van der Waals surface area contributed by atoms with Crippen LogP contribution in [0.4, 0.5) is 5.69 Å². The van der Waals surface area contributed by atoms with Crippen LogP contribution >= 0.6 is 0 Å². The van der Waals surface area contributed by atoms with Crippen LogP contribution in [0.25, 0.3) is 0 Å². The van der Waals surface area contributed by atoms with Crippen molar-refractivity contribution in [3.63, 3.8) is 0 Å². The minimum absolute atomic E-state index is 0.0206. The second kappa shape index (κ2) is 14.3. The Kier molecular flexibility index (Phi) is 10.9. The first-order valence-corrected chi connectivity index (χ1v) is 16.0. The number of methoxy groups -OCH3 is 1. The van der Waals surface area contributed by atoms with E-state index in [-0.39, 0.29) is 36.6 Å². The highest BCUT2D eigenvalue weighted by Gasteiger charge is 2.49. The van der Waals surface area contributed by atoms with Crippen LogP contribution < -0.4 is 19.1 Å². The summed E-state index contributed by atoms with van der Waals surface area (Å²) in [5.74, 6) is -0.400. The van der Waals surface area contributed by atoms with Gasteiger partial charge in [-0.3, -0.25) is 14.5 Å². The third-order valence-corrected chi connectivity index (χ3v) is 8.75. The van der Waals surface area contributed by atoms with Gasteiger partial charge in [0.15, 0.2) is 11.5 Å². The molecule has 2 heterocycles. The van der Waals surface area contributed by atoms with Gasteiger partial charge in [-0.25, -0.2) is 0 Å². The molecule has 3 atom stereocenters. The number of carboxylic acid groups (broad SMARTS) is 1. The second-order valence-electron chi connectivity index (χ2n) is 14.1. The Bertz CT molecular complexity index is 1380. The lowest BCUT2D eigenvalue weighted by molar-refractivity contribution is -0.884. The van der Waals surface area contributed by atoms with Gasteiger partial charge in [-0.05, 0) is 55.0 Å². The molecule has 1 N–H and O–H groups in total. The van der Waals surface area contributed by atoms with Crippen LogP contribution in [-0.2, 0) is 16.1 Å². The van der Waals surface area contributed by atoms with Crippen molar-refractivity contribution in [2.75, 3.05) is 59.6 Å². The van der Waals surface area contributed by atoms with Crippen molar-refractivity contribution in [1.82, 2.24) is 4.90 Å². The van der Waals surface area contributed by atoms with Gasteiger partial charge in [0.25, 0.3) is 0 Å². The largest absolute Gasteiger partial charge is 0.493 e. The second-order valence-corrected chi connectivity index (χ2v) is 14.1. The van der Waals surface area contributed by atoms with Gasteiger partial charge in [0.2, 0.25) is 18.4 Å². The van der Waals surface area contributed by atoms with E-state index in [0.717, 1.165) is 35.1 Å². The first-order valence-electron chi connectivity index (χ1n) is 16.0. The van der Waals surface area contributed by atoms with Crippen LogP contribution in [0.2, 0.25) is 0 Å². The number of carbonyl (C=O) groups is 2. The maximum atomic E-state index is 14.3. The summed E-state index contributed by atoms with van der Waals surface area (Å²) in [4.78, 5) is 31.3. The highest BCUT2D eigenvalue weighted by Crippen LogP contribution is 2.48. The highest BCUT2D eigenvalue weighted by molar-refractivity contribution is 5.95. The predicted molar refractivity (Wildman–Crippen MR) is 177 cm³/mol. The molecule has 1 amide bonds. The van der Waals surface area contributed by atoms with E-state index >= 15 is 0 Å². The Labute approximate surface area is 268 Å². The number of unbranched alkanes of at least 4 members (excludes halogenated alkanes) is 1. The van der Waals surface area contributed by atoms with Gasteiger partial charge in [0.1, 0.15) is 6.54 Å². The standard InChI is InChI=1S/C36H51N3O6/c1-9-11-16-38(27-14-12-13-25(17-27)23-39(5,6)7)32(40)22-37-21-28(26-18-30(43-8)34-31(19-26)44-24-45-34)33(35(41)42)29(37)20-36(3,4)15-10-2/h10,12-15,17-19,28-29,33H,9,11,16,20-24H2,1-8H3/p+1/t28-,29+,33-/m1/s1. The van der Waals surface area contributed by atoms with Crippen molar-refractivity contribution in [3.05, 3.63) is 59.7 Å². The van der Waals surface area contributed by atoms with Crippen molar-refractivity contribution in [3.8, 4) is 17.2 Å². The predicted octanol–water partition coefficient (Wildman–Crippen LogP) is 5.92. The van der Waals surface area contributed by atoms with Crippen molar-refractivity contribution < 1.29 is 33.4 Å². The van der Waals surface area contributed by atoms with Gasteiger partial charge in [0.05, 0.1) is 40.7 Å². The summed E-state index contributed by atoms with van der Waals surface area (Å²) in [6, 6.07) is 11.6. The molecule has 0 radical (unpaired) electrons. The molecule has 0 aromatic heterocycles. The number of fused-ring (bicyclic) bond motifs is 1. The molecule has 0 aliphatic carbocycles. The van der Waals surface area contributed by atoms with Crippen LogP contribution in [0.5, 0.6) is 17.2 Å². The number of ether oxygens (including phenoxy) is 3. The van der Waals surface area contributed by atoms with Gasteiger partial charge in [0, 0.05) is 36.3 Å². The van der Waals surface area contributed by atoms with E-state index in [9.17, 15) is 14.7 Å². The van der Waals surface area contributed by atoms with E-state index in [2.05, 4.69) is 65.0 Å². The Morgan fingerprint density at radius 3 is 2.58 bits per heavy atom. The summed E-state index contributed by atoms with van der Waals surface area (Å²) in [6.07, 6.45) is 6.56. The Hall–Kier alpha value is -3.56. The zero-order valence-electron chi connectivity index (χ0n) is 28.3. The zero-order valence-corrected chi connectivity index (χ0v) is 28.3. The summed E-state index contributed by atoms with van der Waals surface area (Å²) in [5, 5.41) is 10.7.